The Labute approximate surface area is 126 Å². The van der Waals surface area contributed by atoms with Crippen LogP contribution >= 0.6 is 0 Å². The SMILES string of the molecule is CC[C@H](CO)N1CCN(c2nccnc2OC(C)C)CC1. The van der Waals surface area contributed by atoms with Gasteiger partial charge in [-0.1, -0.05) is 6.92 Å². The van der Waals surface area contributed by atoms with E-state index in [1.807, 2.05) is 13.8 Å². The Kier molecular flexibility index (Phi) is 5.76. The molecule has 1 aromatic heterocycles. The first-order valence-electron chi connectivity index (χ1n) is 7.73. The molecule has 1 atom stereocenters. The van der Waals surface area contributed by atoms with Crippen LogP contribution in [0.15, 0.2) is 12.4 Å². The second-order valence-corrected chi connectivity index (χ2v) is 5.62. The molecule has 6 heteroatoms. The summed E-state index contributed by atoms with van der Waals surface area (Å²) in [5.41, 5.74) is 0. The highest BCUT2D eigenvalue weighted by molar-refractivity contribution is 5.48. The van der Waals surface area contributed by atoms with Crippen molar-refractivity contribution >= 4 is 5.82 Å². The van der Waals surface area contributed by atoms with Crippen molar-refractivity contribution in [3.8, 4) is 5.88 Å². The fourth-order valence-corrected chi connectivity index (χ4v) is 2.64. The van der Waals surface area contributed by atoms with Gasteiger partial charge in [0.05, 0.1) is 12.7 Å². The molecule has 0 amide bonds. The molecule has 1 aliphatic rings. The predicted octanol–water partition coefficient (Wildman–Crippen LogP) is 1.16. The number of hydrogen-bond donors (Lipinski definition) is 1. The van der Waals surface area contributed by atoms with Crippen molar-refractivity contribution < 1.29 is 9.84 Å². The number of aliphatic hydroxyl groups is 1. The standard InChI is InChI=1S/C15H26N4O2/c1-4-13(11-20)18-7-9-19(10-8-18)14-15(21-12(2)3)17-6-5-16-14/h5-6,12-13,20H,4,7-11H2,1-3H3/t13-/m1/s1. The fourth-order valence-electron chi connectivity index (χ4n) is 2.64. The van der Waals surface area contributed by atoms with Crippen LogP contribution in [0.4, 0.5) is 5.82 Å². The number of piperazine rings is 1. The Hall–Kier alpha value is -1.40. The van der Waals surface area contributed by atoms with Crippen LogP contribution in [0.25, 0.3) is 0 Å². The molecule has 118 valence electrons. The van der Waals surface area contributed by atoms with E-state index in [1.54, 1.807) is 12.4 Å². The summed E-state index contributed by atoms with van der Waals surface area (Å²) in [6.07, 6.45) is 4.43. The third-order valence-electron chi connectivity index (χ3n) is 3.81. The topological polar surface area (TPSA) is 61.7 Å². The largest absolute Gasteiger partial charge is 0.472 e. The molecule has 6 nitrogen and oxygen atoms in total. The van der Waals surface area contributed by atoms with E-state index in [0.717, 1.165) is 38.4 Å². The van der Waals surface area contributed by atoms with E-state index in [0.29, 0.717) is 5.88 Å². The number of rotatable bonds is 6. The monoisotopic (exact) mass is 294 g/mol. The highest BCUT2D eigenvalue weighted by Crippen LogP contribution is 2.25. The molecule has 0 bridgehead atoms. The third kappa shape index (κ3) is 4.04. The molecule has 1 N–H and O–H groups in total. The van der Waals surface area contributed by atoms with Crippen molar-refractivity contribution in [3.63, 3.8) is 0 Å². The molecular formula is C15H26N4O2. The Morgan fingerprint density at radius 3 is 2.43 bits per heavy atom. The molecule has 1 fully saturated rings. The second-order valence-electron chi connectivity index (χ2n) is 5.62. The fraction of sp³-hybridized carbons (Fsp3) is 0.733. The minimum Gasteiger partial charge on any atom is -0.472 e. The van der Waals surface area contributed by atoms with Crippen molar-refractivity contribution in [3.05, 3.63) is 12.4 Å². The molecule has 21 heavy (non-hydrogen) atoms. The predicted molar refractivity (Wildman–Crippen MR) is 82.7 cm³/mol. The minimum atomic E-state index is 0.0839. The quantitative estimate of drug-likeness (QED) is 0.849. The van der Waals surface area contributed by atoms with E-state index >= 15 is 0 Å². The van der Waals surface area contributed by atoms with Crippen LogP contribution in [-0.2, 0) is 0 Å². The van der Waals surface area contributed by atoms with E-state index in [2.05, 4.69) is 26.7 Å². The van der Waals surface area contributed by atoms with Crippen molar-refractivity contribution in [2.24, 2.45) is 0 Å². The molecule has 2 rings (SSSR count). The average molecular weight is 294 g/mol. The molecular weight excluding hydrogens is 268 g/mol. The molecule has 0 radical (unpaired) electrons. The average Bonchev–Trinajstić information content (AvgIpc) is 2.49. The van der Waals surface area contributed by atoms with E-state index in [4.69, 9.17) is 4.74 Å². The van der Waals surface area contributed by atoms with Crippen LogP contribution in [0.3, 0.4) is 0 Å². The molecule has 0 spiro atoms. The summed E-state index contributed by atoms with van der Waals surface area (Å²) in [5, 5.41) is 9.41. The summed E-state index contributed by atoms with van der Waals surface area (Å²) >= 11 is 0. The number of nitrogens with zero attached hydrogens (tertiary/aromatic N) is 4. The lowest BCUT2D eigenvalue weighted by atomic mass is 10.1. The molecule has 1 aromatic rings. The second kappa shape index (κ2) is 7.56. The van der Waals surface area contributed by atoms with Gasteiger partial charge < -0.3 is 14.7 Å². The van der Waals surface area contributed by atoms with Crippen molar-refractivity contribution in [1.29, 1.82) is 0 Å². The zero-order valence-electron chi connectivity index (χ0n) is 13.2. The van der Waals surface area contributed by atoms with Gasteiger partial charge in [-0.2, -0.15) is 0 Å². The molecule has 1 aliphatic heterocycles. The number of anilines is 1. The van der Waals surface area contributed by atoms with Crippen LogP contribution in [0, 0.1) is 0 Å². The van der Waals surface area contributed by atoms with E-state index < -0.39 is 0 Å². The van der Waals surface area contributed by atoms with Gasteiger partial charge in [0, 0.05) is 44.6 Å². The number of ether oxygens (including phenoxy) is 1. The zero-order valence-corrected chi connectivity index (χ0v) is 13.2. The maximum absolute atomic E-state index is 9.41. The first kappa shape index (κ1) is 16.0. The molecule has 2 heterocycles. The highest BCUT2D eigenvalue weighted by Gasteiger charge is 2.25. The highest BCUT2D eigenvalue weighted by atomic mass is 16.5. The Balaban J connectivity index is 2.02. The molecule has 0 unspecified atom stereocenters. The van der Waals surface area contributed by atoms with Gasteiger partial charge in [0.15, 0.2) is 5.82 Å². The Bertz CT molecular complexity index is 429. The van der Waals surface area contributed by atoms with Crippen molar-refractivity contribution in [2.75, 3.05) is 37.7 Å². The normalized spacial score (nSPS) is 18.0. The minimum absolute atomic E-state index is 0.0839. The molecule has 1 saturated heterocycles. The maximum atomic E-state index is 9.41. The smallest absolute Gasteiger partial charge is 0.257 e. The van der Waals surface area contributed by atoms with Crippen LogP contribution in [0.2, 0.25) is 0 Å². The van der Waals surface area contributed by atoms with Gasteiger partial charge in [0.25, 0.3) is 5.88 Å². The first-order valence-corrected chi connectivity index (χ1v) is 7.73. The van der Waals surface area contributed by atoms with Gasteiger partial charge in [-0.25, -0.2) is 9.97 Å². The number of aliphatic hydroxyl groups excluding tert-OH is 1. The number of aromatic nitrogens is 2. The van der Waals surface area contributed by atoms with Crippen molar-refractivity contribution in [1.82, 2.24) is 14.9 Å². The molecule has 0 saturated carbocycles. The van der Waals surface area contributed by atoms with E-state index in [-0.39, 0.29) is 18.8 Å². The first-order chi connectivity index (χ1) is 10.2. The van der Waals surface area contributed by atoms with Gasteiger partial charge >= 0.3 is 0 Å². The summed E-state index contributed by atoms with van der Waals surface area (Å²) in [5.74, 6) is 1.43. The maximum Gasteiger partial charge on any atom is 0.257 e. The summed E-state index contributed by atoms with van der Waals surface area (Å²) in [6, 6.07) is 0.264. The van der Waals surface area contributed by atoms with Crippen LogP contribution in [-0.4, -0.2) is 64.9 Å². The third-order valence-corrected chi connectivity index (χ3v) is 3.81. The van der Waals surface area contributed by atoms with Gasteiger partial charge in [0.1, 0.15) is 0 Å². The van der Waals surface area contributed by atoms with Crippen LogP contribution < -0.4 is 9.64 Å². The van der Waals surface area contributed by atoms with Crippen LogP contribution in [0.1, 0.15) is 27.2 Å². The number of hydrogen-bond acceptors (Lipinski definition) is 6. The Morgan fingerprint density at radius 2 is 1.86 bits per heavy atom. The molecule has 0 aliphatic carbocycles. The summed E-state index contributed by atoms with van der Waals surface area (Å²) in [7, 11) is 0. The van der Waals surface area contributed by atoms with E-state index in [9.17, 15) is 5.11 Å². The summed E-state index contributed by atoms with van der Waals surface area (Å²) in [6.45, 7) is 9.93. The van der Waals surface area contributed by atoms with Gasteiger partial charge in [-0.15, -0.1) is 0 Å². The lowest BCUT2D eigenvalue weighted by molar-refractivity contribution is 0.113. The summed E-state index contributed by atoms with van der Waals surface area (Å²) in [4.78, 5) is 13.3. The van der Waals surface area contributed by atoms with Gasteiger partial charge in [-0.3, -0.25) is 4.90 Å². The summed E-state index contributed by atoms with van der Waals surface area (Å²) < 4.78 is 5.75. The lowest BCUT2D eigenvalue weighted by Crippen LogP contribution is -2.51. The van der Waals surface area contributed by atoms with Gasteiger partial charge in [0.2, 0.25) is 0 Å². The zero-order chi connectivity index (χ0) is 15.2. The van der Waals surface area contributed by atoms with E-state index in [1.165, 1.54) is 0 Å². The molecule has 0 aromatic carbocycles. The Morgan fingerprint density at radius 1 is 1.19 bits per heavy atom. The van der Waals surface area contributed by atoms with Crippen molar-refractivity contribution in [2.45, 2.75) is 39.3 Å². The van der Waals surface area contributed by atoms with Crippen LogP contribution in [0.5, 0.6) is 5.88 Å². The van der Waals surface area contributed by atoms with Gasteiger partial charge in [-0.05, 0) is 20.3 Å². The lowest BCUT2D eigenvalue weighted by Gasteiger charge is -2.39.